The molecule has 0 unspecified atom stereocenters. The molecule has 0 aliphatic carbocycles. The minimum absolute atomic E-state index is 0. The zero-order valence-electron chi connectivity index (χ0n) is 20.9. The van der Waals surface area contributed by atoms with E-state index in [-0.39, 0.29) is 41.1 Å². The monoisotopic (exact) mass is 498 g/mol. The second kappa shape index (κ2) is 19.8. The van der Waals surface area contributed by atoms with E-state index in [1.807, 2.05) is 30.3 Å². The van der Waals surface area contributed by atoms with Crippen LogP contribution in [0.4, 0.5) is 0 Å². The summed E-state index contributed by atoms with van der Waals surface area (Å²) in [6.07, 6.45) is 22.3. The first kappa shape index (κ1) is 31.6. The molecular weight excluding hydrogens is 451 g/mol. The first-order valence-electron chi connectivity index (χ1n) is 13.5. The summed E-state index contributed by atoms with van der Waals surface area (Å²) in [6, 6.07) is 12.9. The van der Waals surface area contributed by atoms with Crippen molar-refractivity contribution in [2.75, 3.05) is 6.61 Å². The molecule has 0 spiro atoms. The van der Waals surface area contributed by atoms with Gasteiger partial charge in [-0.05, 0) is 17.9 Å². The number of benzene rings is 2. The summed E-state index contributed by atoms with van der Waals surface area (Å²) in [5.74, 6) is 0. The van der Waals surface area contributed by atoms with Crippen molar-refractivity contribution in [3.05, 3.63) is 42.5 Å². The zero-order valence-corrected chi connectivity index (χ0v) is 21.7. The molecule has 0 N–H and O–H groups in total. The van der Waals surface area contributed by atoms with E-state index in [4.69, 9.17) is 4.18 Å². The first-order valence-corrected chi connectivity index (χ1v) is 14.9. The molecule has 34 heavy (non-hydrogen) atoms. The zero-order chi connectivity index (χ0) is 23.6. The molecular formula is C29H47NaO3S. The Morgan fingerprint density at radius 2 is 1.03 bits per heavy atom. The maximum atomic E-state index is 12.6. The second-order valence-electron chi connectivity index (χ2n) is 9.41. The number of rotatable bonds is 20. The van der Waals surface area contributed by atoms with Gasteiger partial charge < -0.3 is 0 Å². The summed E-state index contributed by atoms with van der Waals surface area (Å²) in [5, 5.41) is 1.64. The summed E-state index contributed by atoms with van der Waals surface area (Å²) in [4.78, 5) is 0.271. The van der Waals surface area contributed by atoms with Gasteiger partial charge >= 0.3 is 29.6 Å². The van der Waals surface area contributed by atoms with E-state index in [0.29, 0.717) is 0 Å². The Bertz CT molecular complexity index is 861. The average molecular weight is 499 g/mol. The number of hydrogen-bond acceptors (Lipinski definition) is 3. The van der Waals surface area contributed by atoms with Crippen LogP contribution in [0, 0.1) is 0 Å². The Balaban J connectivity index is 0.00000578. The van der Waals surface area contributed by atoms with Gasteiger partial charge in [-0.3, -0.25) is 4.18 Å². The van der Waals surface area contributed by atoms with Gasteiger partial charge in [-0.2, -0.15) is 8.42 Å². The van der Waals surface area contributed by atoms with Crippen LogP contribution >= 0.6 is 0 Å². The van der Waals surface area contributed by atoms with E-state index in [1.165, 1.54) is 89.9 Å². The van der Waals surface area contributed by atoms with Crippen LogP contribution < -0.4 is 0 Å². The molecule has 0 atom stereocenters. The van der Waals surface area contributed by atoms with Crippen molar-refractivity contribution < 1.29 is 12.6 Å². The standard InChI is InChI=1S/C29H46O3S.Na.H/c1-2-3-4-5-6-7-8-9-10-11-12-13-14-15-16-17-20-26-32-33(30,31)29-25-21-23-27-22-18-19-24-28(27)29;;/h18-19,21-25H,2-17,20,26H2,1H3;;. The molecule has 0 bridgehead atoms. The van der Waals surface area contributed by atoms with Gasteiger partial charge in [0.1, 0.15) is 4.90 Å². The van der Waals surface area contributed by atoms with Gasteiger partial charge in [0.05, 0.1) is 6.61 Å². The third-order valence-corrected chi connectivity index (χ3v) is 7.88. The Kier molecular flexibility index (Phi) is 18.4. The molecule has 0 fully saturated rings. The Morgan fingerprint density at radius 1 is 0.588 bits per heavy atom. The molecule has 2 aromatic rings. The summed E-state index contributed by atoms with van der Waals surface area (Å²) in [5.41, 5.74) is 0. The van der Waals surface area contributed by atoms with E-state index in [9.17, 15) is 8.42 Å². The number of fused-ring (bicyclic) bond motifs is 1. The summed E-state index contributed by atoms with van der Waals surface area (Å²) >= 11 is 0. The van der Waals surface area contributed by atoms with Crippen LogP contribution in [-0.2, 0) is 14.3 Å². The van der Waals surface area contributed by atoms with Crippen molar-refractivity contribution >= 4 is 50.4 Å². The summed E-state index contributed by atoms with van der Waals surface area (Å²) < 4.78 is 30.5. The second-order valence-corrected chi connectivity index (χ2v) is 11.0. The molecule has 0 saturated carbocycles. The van der Waals surface area contributed by atoms with Crippen LogP contribution in [-0.4, -0.2) is 44.6 Å². The van der Waals surface area contributed by atoms with Crippen molar-refractivity contribution in [3.8, 4) is 0 Å². The van der Waals surface area contributed by atoms with Crippen molar-refractivity contribution in [2.24, 2.45) is 0 Å². The topological polar surface area (TPSA) is 43.4 Å². The van der Waals surface area contributed by atoms with E-state index < -0.39 is 10.1 Å². The molecule has 0 aromatic heterocycles. The average Bonchev–Trinajstić information content (AvgIpc) is 2.83. The number of hydrogen-bond donors (Lipinski definition) is 0. The van der Waals surface area contributed by atoms with Crippen molar-refractivity contribution in [1.82, 2.24) is 0 Å². The Hall–Kier alpha value is -0.390. The molecule has 0 radical (unpaired) electrons. The molecule has 0 aliphatic heterocycles. The molecule has 2 rings (SSSR count). The quantitative estimate of drug-likeness (QED) is 0.104. The van der Waals surface area contributed by atoms with Crippen molar-refractivity contribution in [3.63, 3.8) is 0 Å². The van der Waals surface area contributed by atoms with Gasteiger partial charge in [0, 0.05) is 5.39 Å². The molecule has 5 heteroatoms. The normalized spacial score (nSPS) is 11.6. The predicted octanol–water partition coefficient (Wildman–Crippen LogP) is 8.55. The molecule has 2 aromatic carbocycles. The van der Waals surface area contributed by atoms with E-state index in [2.05, 4.69) is 6.92 Å². The fourth-order valence-corrected chi connectivity index (χ4v) is 5.64. The molecule has 3 nitrogen and oxygen atoms in total. The van der Waals surface area contributed by atoms with Gasteiger partial charge in [-0.15, -0.1) is 0 Å². The van der Waals surface area contributed by atoms with Crippen molar-refractivity contribution in [1.29, 1.82) is 0 Å². The molecule has 0 saturated heterocycles. The van der Waals surface area contributed by atoms with Crippen LogP contribution in [0.1, 0.15) is 116 Å². The predicted molar refractivity (Wildman–Crippen MR) is 148 cm³/mol. The third-order valence-electron chi connectivity index (χ3n) is 6.51. The van der Waals surface area contributed by atoms with Crippen LogP contribution in [0.3, 0.4) is 0 Å². The van der Waals surface area contributed by atoms with E-state index >= 15 is 0 Å². The Labute approximate surface area is 231 Å². The fraction of sp³-hybridized carbons (Fsp3) is 0.655. The third kappa shape index (κ3) is 13.1. The van der Waals surface area contributed by atoms with Gasteiger partial charge in [0.25, 0.3) is 10.1 Å². The Morgan fingerprint density at radius 3 is 1.56 bits per heavy atom. The summed E-state index contributed by atoms with van der Waals surface area (Å²) in [7, 11) is -3.71. The SMILES string of the molecule is CCCCCCCCCCCCCCCCCCCOS(=O)(=O)c1cccc2ccccc12.[NaH]. The van der Waals surface area contributed by atoms with Crippen LogP contribution in [0.25, 0.3) is 10.8 Å². The molecule has 0 aliphatic rings. The van der Waals surface area contributed by atoms with Crippen molar-refractivity contribution in [2.45, 2.75) is 121 Å². The fourth-order valence-electron chi connectivity index (χ4n) is 4.47. The van der Waals surface area contributed by atoms with Gasteiger partial charge in [-0.25, -0.2) is 0 Å². The van der Waals surface area contributed by atoms with Gasteiger partial charge in [0.2, 0.25) is 0 Å². The first-order chi connectivity index (χ1) is 16.1. The van der Waals surface area contributed by atoms with Crippen LogP contribution in [0.15, 0.2) is 47.4 Å². The van der Waals surface area contributed by atoms with Gasteiger partial charge in [0.15, 0.2) is 0 Å². The van der Waals surface area contributed by atoms with E-state index in [0.717, 1.165) is 30.0 Å². The molecule has 188 valence electrons. The maximum absolute atomic E-state index is 12.6. The van der Waals surface area contributed by atoms with Gasteiger partial charge in [-0.1, -0.05) is 146 Å². The van der Waals surface area contributed by atoms with E-state index in [1.54, 1.807) is 12.1 Å². The van der Waals surface area contributed by atoms with Crippen LogP contribution in [0.2, 0.25) is 0 Å². The number of unbranched alkanes of at least 4 members (excludes halogenated alkanes) is 16. The molecule has 0 heterocycles. The van der Waals surface area contributed by atoms with Crippen LogP contribution in [0.5, 0.6) is 0 Å². The molecule has 0 amide bonds. The minimum atomic E-state index is -3.71. The summed E-state index contributed by atoms with van der Waals surface area (Å²) in [6.45, 7) is 2.54.